The van der Waals surface area contributed by atoms with E-state index in [4.69, 9.17) is 21.7 Å². The number of nitrogens with zero attached hydrogens (tertiary/aromatic N) is 4. The van der Waals surface area contributed by atoms with Crippen LogP contribution in [0, 0.1) is 0 Å². The van der Waals surface area contributed by atoms with Crippen LogP contribution < -0.4 is 15.0 Å². The molecule has 5 rings (SSSR count). The van der Waals surface area contributed by atoms with Crippen LogP contribution >= 0.6 is 12.2 Å². The topological polar surface area (TPSA) is 81.5 Å². The number of benzene rings is 2. The number of rotatable bonds is 5. The number of carbonyl (C=O) groups excluding carboxylic acids is 1. The van der Waals surface area contributed by atoms with Gasteiger partial charge in [-0.3, -0.25) is 4.79 Å². The lowest BCUT2D eigenvalue weighted by Crippen LogP contribution is -2.48. The molecule has 0 unspecified atom stereocenters. The molecule has 32 heavy (non-hydrogen) atoms. The number of aromatic nitrogens is 3. The first-order valence-corrected chi connectivity index (χ1v) is 10.9. The van der Waals surface area contributed by atoms with E-state index >= 15 is 0 Å². The van der Waals surface area contributed by atoms with Gasteiger partial charge in [0.15, 0.2) is 0 Å². The Morgan fingerprint density at radius 1 is 1.12 bits per heavy atom. The lowest BCUT2D eigenvalue weighted by atomic mass is 10.1. The molecule has 3 aromatic rings. The van der Waals surface area contributed by atoms with E-state index in [0.29, 0.717) is 24.6 Å². The number of para-hydroxylation sites is 2. The van der Waals surface area contributed by atoms with Gasteiger partial charge in [-0.15, -0.1) is 5.10 Å². The normalized spacial score (nSPS) is 18.3. The number of carbonyl (C=O) groups is 1. The highest BCUT2D eigenvalue weighted by Gasteiger charge is 2.31. The van der Waals surface area contributed by atoms with Gasteiger partial charge in [0, 0.05) is 13.5 Å². The van der Waals surface area contributed by atoms with Gasteiger partial charge in [0.05, 0.1) is 18.9 Å². The first-order chi connectivity index (χ1) is 15.6. The van der Waals surface area contributed by atoms with Crippen molar-refractivity contribution in [3.63, 3.8) is 0 Å². The summed E-state index contributed by atoms with van der Waals surface area (Å²) in [5, 5.41) is 7.47. The largest absolute Gasteiger partial charge is 0.489 e. The van der Waals surface area contributed by atoms with Crippen LogP contribution in [0.3, 0.4) is 0 Å². The standard InChI is InChI=1S/C23H23N5O3S/c1-27-18-9-5-6-10-19(18)31-14-17(23(27)32)24-22(29)21-25-20(11-15-7-3-2-4-8-15)28(26-21)16-12-30-13-16/h2-10,16-17H,11-14H2,1H3,(H,24,29)/t17-/m0/s1. The first-order valence-electron chi connectivity index (χ1n) is 10.5. The zero-order chi connectivity index (χ0) is 22.1. The fourth-order valence-electron chi connectivity index (χ4n) is 3.79. The maximum atomic E-state index is 13.1. The van der Waals surface area contributed by atoms with Crippen LogP contribution in [0.5, 0.6) is 5.75 Å². The Balaban J connectivity index is 1.36. The molecule has 0 spiro atoms. The van der Waals surface area contributed by atoms with Gasteiger partial charge in [0.25, 0.3) is 5.91 Å². The Bertz CT molecular complexity index is 1150. The summed E-state index contributed by atoms with van der Waals surface area (Å²) in [6.07, 6.45) is 0.584. The number of hydrogen-bond acceptors (Lipinski definition) is 6. The number of ether oxygens (including phenoxy) is 2. The maximum Gasteiger partial charge on any atom is 0.291 e. The minimum absolute atomic E-state index is 0.0886. The lowest BCUT2D eigenvalue weighted by Gasteiger charge is -2.27. The molecular weight excluding hydrogens is 426 g/mol. The Kier molecular flexibility index (Phi) is 5.59. The van der Waals surface area contributed by atoms with Gasteiger partial charge in [-0.25, -0.2) is 9.67 Å². The van der Waals surface area contributed by atoms with Crippen LogP contribution in [0.15, 0.2) is 54.6 Å². The highest BCUT2D eigenvalue weighted by atomic mass is 32.1. The molecule has 0 radical (unpaired) electrons. The van der Waals surface area contributed by atoms with E-state index in [-0.39, 0.29) is 24.4 Å². The molecule has 2 aliphatic heterocycles. The third kappa shape index (κ3) is 3.96. The van der Waals surface area contributed by atoms with E-state index in [1.54, 1.807) is 0 Å². The smallest absolute Gasteiger partial charge is 0.291 e. The molecule has 1 N–H and O–H groups in total. The molecule has 1 atom stereocenters. The summed E-state index contributed by atoms with van der Waals surface area (Å²) in [4.78, 5) is 20.1. The zero-order valence-corrected chi connectivity index (χ0v) is 18.4. The number of thiocarbonyl (C=S) groups is 1. The number of anilines is 1. The molecule has 1 aromatic heterocycles. The van der Waals surface area contributed by atoms with E-state index in [1.807, 2.05) is 71.2 Å². The summed E-state index contributed by atoms with van der Waals surface area (Å²) in [6, 6.07) is 17.3. The summed E-state index contributed by atoms with van der Waals surface area (Å²) in [5.41, 5.74) is 1.97. The average Bonchev–Trinajstić information content (AvgIpc) is 3.13. The number of hydrogen-bond donors (Lipinski definition) is 1. The number of fused-ring (bicyclic) bond motifs is 1. The second kappa shape index (κ2) is 8.68. The minimum Gasteiger partial charge on any atom is -0.489 e. The van der Waals surface area contributed by atoms with Gasteiger partial charge < -0.3 is 19.7 Å². The minimum atomic E-state index is -0.480. The van der Waals surface area contributed by atoms with E-state index in [2.05, 4.69) is 15.4 Å². The van der Waals surface area contributed by atoms with Crippen LogP contribution in [0.4, 0.5) is 5.69 Å². The highest BCUT2D eigenvalue weighted by Crippen LogP contribution is 2.30. The van der Waals surface area contributed by atoms with Crippen molar-refractivity contribution in [3.8, 4) is 5.75 Å². The Morgan fingerprint density at radius 2 is 1.88 bits per heavy atom. The van der Waals surface area contributed by atoms with Gasteiger partial charge in [-0.05, 0) is 17.7 Å². The number of amides is 1. The Hall–Kier alpha value is -3.30. The molecule has 1 fully saturated rings. The molecule has 8 nitrogen and oxygen atoms in total. The lowest BCUT2D eigenvalue weighted by molar-refractivity contribution is -0.0300. The van der Waals surface area contributed by atoms with Crippen molar-refractivity contribution in [2.75, 3.05) is 31.8 Å². The monoisotopic (exact) mass is 449 g/mol. The van der Waals surface area contributed by atoms with Crippen LogP contribution in [-0.2, 0) is 11.2 Å². The van der Waals surface area contributed by atoms with Crippen molar-refractivity contribution in [2.24, 2.45) is 0 Å². The predicted octanol–water partition coefficient (Wildman–Crippen LogP) is 2.39. The van der Waals surface area contributed by atoms with Gasteiger partial charge in [0.2, 0.25) is 5.82 Å². The first kappa shape index (κ1) is 20.6. The van der Waals surface area contributed by atoms with E-state index in [0.717, 1.165) is 22.8 Å². The molecule has 0 bridgehead atoms. The van der Waals surface area contributed by atoms with Gasteiger partial charge in [0.1, 0.15) is 35.3 Å². The number of likely N-dealkylation sites (N-methyl/N-ethyl adjacent to an activating group) is 1. The molecule has 3 heterocycles. The summed E-state index contributed by atoms with van der Waals surface area (Å²) >= 11 is 5.64. The van der Waals surface area contributed by atoms with Crippen LogP contribution in [-0.4, -0.2) is 58.6 Å². The maximum absolute atomic E-state index is 13.1. The predicted molar refractivity (Wildman–Crippen MR) is 123 cm³/mol. The highest BCUT2D eigenvalue weighted by molar-refractivity contribution is 7.80. The summed E-state index contributed by atoms with van der Waals surface area (Å²) in [6.45, 7) is 1.37. The second-order valence-corrected chi connectivity index (χ2v) is 8.27. The van der Waals surface area contributed by atoms with Gasteiger partial charge >= 0.3 is 0 Å². The fourth-order valence-corrected chi connectivity index (χ4v) is 4.01. The molecule has 1 saturated heterocycles. The van der Waals surface area contributed by atoms with Crippen molar-refractivity contribution in [2.45, 2.75) is 18.5 Å². The van der Waals surface area contributed by atoms with Gasteiger partial charge in [-0.1, -0.05) is 54.7 Å². The fraction of sp³-hybridized carbons (Fsp3) is 0.304. The van der Waals surface area contributed by atoms with Crippen LogP contribution in [0.1, 0.15) is 28.0 Å². The van der Waals surface area contributed by atoms with E-state index in [1.165, 1.54) is 0 Å². The van der Waals surface area contributed by atoms with Gasteiger partial charge in [-0.2, -0.15) is 0 Å². The molecule has 2 aliphatic rings. The van der Waals surface area contributed by atoms with Crippen molar-refractivity contribution in [1.29, 1.82) is 0 Å². The molecular formula is C23H23N5O3S. The van der Waals surface area contributed by atoms with Crippen molar-refractivity contribution < 1.29 is 14.3 Å². The summed E-state index contributed by atoms with van der Waals surface area (Å²) in [5.74, 6) is 1.20. The van der Waals surface area contributed by atoms with Crippen molar-refractivity contribution >= 4 is 28.8 Å². The zero-order valence-electron chi connectivity index (χ0n) is 17.6. The molecule has 164 valence electrons. The summed E-state index contributed by atoms with van der Waals surface area (Å²) in [7, 11) is 1.87. The van der Waals surface area contributed by atoms with Crippen LogP contribution in [0.25, 0.3) is 0 Å². The number of nitrogens with one attached hydrogen (secondary N) is 1. The Labute approximate surface area is 191 Å². The van der Waals surface area contributed by atoms with Crippen molar-refractivity contribution in [1.82, 2.24) is 20.1 Å². The molecule has 9 heteroatoms. The second-order valence-electron chi connectivity index (χ2n) is 7.85. The molecule has 0 saturated carbocycles. The third-order valence-corrected chi connectivity index (χ3v) is 6.20. The molecule has 1 amide bonds. The summed E-state index contributed by atoms with van der Waals surface area (Å²) < 4.78 is 13.0. The quantitative estimate of drug-likeness (QED) is 0.599. The third-order valence-electron chi connectivity index (χ3n) is 5.64. The van der Waals surface area contributed by atoms with Crippen molar-refractivity contribution in [3.05, 3.63) is 71.8 Å². The molecule has 0 aliphatic carbocycles. The van der Waals surface area contributed by atoms with E-state index in [9.17, 15) is 4.79 Å². The van der Waals surface area contributed by atoms with Crippen LogP contribution in [0.2, 0.25) is 0 Å². The Morgan fingerprint density at radius 3 is 2.62 bits per heavy atom. The molecule has 2 aromatic carbocycles. The SMILES string of the molecule is CN1C(=S)[C@@H](NC(=O)c2nc(Cc3ccccc3)n(C3COC3)n2)COc2ccccc21. The van der Waals surface area contributed by atoms with E-state index < -0.39 is 6.04 Å². The average molecular weight is 450 g/mol.